The van der Waals surface area contributed by atoms with Gasteiger partial charge in [0.15, 0.2) is 9.84 Å². The highest BCUT2D eigenvalue weighted by Crippen LogP contribution is 2.27. The zero-order valence-electron chi connectivity index (χ0n) is 12.8. The lowest BCUT2D eigenvalue weighted by molar-refractivity contribution is 0.401. The highest BCUT2D eigenvalue weighted by Gasteiger charge is 2.22. The average Bonchev–Trinajstić information content (AvgIpc) is 2.43. The van der Waals surface area contributed by atoms with Crippen LogP contribution in [-0.2, 0) is 9.84 Å². The Labute approximate surface area is 122 Å². The van der Waals surface area contributed by atoms with E-state index in [4.69, 9.17) is 4.74 Å². The molecule has 0 fully saturated rings. The van der Waals surface area contributed by atoms with Crippen molar-refractivity contribution in [2.75, 3.05) is 25.2 Å². The van der Waals surface area contributed by atoms with Gasteiger partial charge in [0.2, 0.25) is 0 Å². The van der Waals surface area contributed by atoms with Crippen LogP contribution in [0.3, 0.4) is 0 Å². The Morgan fingerprint density at radius 2 is 2.00 bits per heavy atom. The van der Waals surface area contributed by atoms with Crippen LogP contribution < -0.4 is 10.1 Å². The van der Waals surface area contributed by atoms with Crippen LogP contribution in [-0.4, -0.2) is 33.6 Å². The minimum absolute atomic E-state index is 0.101. The van der Waals surface area contributed by atoms with Crippen molar-refractivity contribution in [3.63, 3.8) is 0 Å². The molecule has 1 rings (SSSR count). The van der Waals surface area contributed by atoms with Crippen LogP contribution in [0.1, 0.15) is 37.4 Å². The molecular formula is C15H25NO3S. The summed E-state index contributed by atoms with van der Waals surface area (Å²) in [5, 5.41) is 3.32. The largest absolute Gasteiger partial charge is 0.496 e. The Bertz CT molecular complexity index is 526. The zero-order valence-corrected chi connectivity index (χ0v) is 13.6. The van der Waals surface area contributed by atoms with Gasteiger partial charge in [-0.3, -0.25) is 0 Å². The van der Waals surface area contributed by atoms with E-state index < -0.39 is 9.84 Å². The summed E-state index contributed by atoms with van der Waals surface area (Å²) >= 11 is 0. The predicted octanol–water partition coefficient (Wildman–Crippen LogP) is 2.48. The van der Waals surface area contributed by atoms with E-state index in [9.17, 15) is 8.42 Å². The summed E-state index contributed by atoms with van der Waals surface area (Å²) < 4.78 is 29.3. The summed E-state index contributed by atoms with van der Waals surface area (Å²) in [6.45, 7) is 6.51. The lowest BCUT2D eigenvalue weighted by atomic mass is 10.0. The Balaban J connectivity index is 3.12. The van der Waals surface area contributed by atoms with Crippen LogP contribution in [0.25, 0.3) is 0 Å². The van der Waals surface area contributed by atoms with E-state index >= 15 is 0 Å². The van der Waals surface area contributed by atoms with Gasteiger partial charge in [0.25, 0.3) is 0 Å². The molecule has 0 spiro atoms. The monoisotopic (exact) mass is 299 g/mol. The molecule has 1 atom stereocenters. The molecule has 4 nitrogen and oxygen atoms in total. The van der Waals surface area contributed by atoms with Crippen LogP contribution >= 0.6 is 0 Å². The summed E-state index contributed by atoms with van der Waals surface area (Å²) in [5.41, 5.74) is 2.01. The molecule has 1 N–H and O–H groups in total. The molecule has 0 aromatic heterocycles. The lowest BCUT2D eigenvalue weighted by Crippen LogP contribution is -2.30. The SMILES string of the molecule is CCCNC(CS(=O)(=O)CC)c1cc(C)ccc1OC. The third-order valence-corrected chi connectivity index (χ3v) is 4.98. The van der Waals surface area contributed by atoms with Crippen molar-refractivity contribution in [1.82, 2.24) is 5.32 Å². The highest BCUT2D eigenvalue weighted by molar-refractivity contribution is 7.91. The number of hydrogen-bond acceptors (Lipinski definition) is 4. The standard InChI is InChI=1S/C15H25NO3S/c1-5-9-16-14(11-20(17,18)6-2)13-10-12(3)7-8-15(13)19-4/h7-8,10,14,16H,5-6,9,11H2,1-4H3. The van der Waals surface area contributed by atoms with E-state index in [1.54, 1.807) is 14.0 Å². The first-order valence-electron chi connectivity index (χ1n) is 7.01. The van der Waals surface area contributed by atoms with Gasteiger partial charge in [0.1, 0.15) is 5.75 Å². The van der Waals surface area contributed by atoms with Gasteiger partial charge >= 0.3 is 0 Å². The normalized spacial score (nSPS) is 13.2. The van der Waals surface area contributed by atoms with E-state index in [-0.39, 0.29) is 17.5 Å². The smallest absolute Gasteiger partial charge is 0.151 e. The molecule has 0 aliphatic carbocycles. The number of methoxy groups -OCH3 is 1. The van der Waals surface area contributed by atoms with Crippen LogP contribution in [0.5, 0.6) is 5.75 Å². The fourth-order valence-corrected chi connectivity index (χ4v) is 3.12. The Morgan fingerprint density at radius 1 is 1.30 bits per heavy atom. The van der Waals surface area contributed by atoms with Gasteiger partial charge in [-0.15, -0.1) is 0 Å². The number of nitrogens with one attached hydrogen (secondary N) is 1. The van der Waals surface area contributed by atoms with Crippen molar-refractivity contribution in [1.29, 1.82) is 0 Å². The van der Waals surface area contributed by atoms with E-state index in [0.29, 0.717) is 0 Å². The van der Waals surface area contributed by atoms with E-state index in [0.717, 1.165) is 29.8 Å². The molecular weight excluding hydrogens is 274 g/mol. The highest BCUT2D eigenvalue weighted by atomic mass is 32.2. The maximum Gasteiger partial charge on any atom is 0.151 e. The molecule has 0 saturated carbocycles. The van der Waals surface area contributed by atoms with Crippen molar-refractivity contribution >= 4 is 9.84 Å². The van der Waals surface area contributed by atoms with Gasteiger partial charge in [-0.2, -0.15) is 0 Å². The quantitative estimate of drug-likeness (QED) is 0.801. The molecule has 0 heterocycles. The van der Waals surface area contributed by atoms with Gasteiger partial charge in [-0.1, -0.05) is 31.5 Å². The maximum atomic E-state index is 11.9. The van der Waals surface area contributed by atoms with Crippen LogP contribution in [0.4, 0.5) is 0 Å². The molecule has 1 aromatic rings. The minimum Gasteiger partial charge on any atom is -0.496 e. The molecule has 0 radical (unpaired) electrons. The van der Waals surface area contributed by atoms with Gasteiger partial charge in [-0.25, -0.2) is 8.42 Å². The summed E-state index contributed by atoms with van der Waals surface area (Å²) in [6.07, 6.45) is 0.955. The number of ether oxygens (including phenoxy) is 1. The van der Waals surface area contributed by atoms with Gasteiger partial charge in [0, 0.05) is 17.4 Å². The lowest BCUT2D eigenvalue weighted by Gasteiger charge is -2.21. The molecule has 1 unspecified atom stereocenters. The maximum absolute atomic E-state index is 11.9. The number of hydrogen-bond donors (Lipinski definition) is 1. The second-order valence-corrected chi connectivity index (χ2v) is 7.35. The molecule has 0 bridgehead atoms. The summed E-state index contributed by atoms with van der Waals surface area (Å²) in [5.74, 6) is 0.991. The molecule has 0 saturated heterocycles. The van der Waals surface area contributed by atoms with Crippen LogP contribution in [0.2, 0.25) is 0 Å². The van der Waals surface area contributed by atoms with Crippen molar-refractivity contribution in [2.45, 2.75) is 33.2 Å². The number of benzene rings is 1. The van der Waals surface area contributed by atoms with Crippen LogP contribution in [0.15, 0.2) is 18.2 Å². The Morgan fingerprint density at radius 3 is 2.55 bits per heavy atom. The molecule has 114 valence electrons. The fraction of sp³-hybridized carbons (Fsp3) is 0.600. The van der Waals surface area contributed by atoms with Crippen molar-refractivity contribution in [3.05, 3.63) is 29.3 Å². The number of rotatable bonds is 8. The third kappa shape index (κ3) is 4.80. The minimum atomic E-state index is -3.05. The van der Waals surface area contributed by atoms with E-state index in [1.807, 2.05) is 25.1 Å². The van der Waals surface area contributed by atoms with Crippen molar-refractivity contribution in [2.24, 2.45) is 0 Å². The summed E-state index contributed by atoms with van der Waals surface area (Å²) in [4.78, 5) is 0. The van der Waals surface area contributed by atoms with E-state index in [1.165, 1.54) is 0 Å². The average molecular weight is 299 g/mol. The molecule has 0 amide bonds. The zero-order chi connectivity index (χ0) is 15.2. The van der Waals surface area contributed by atoms with Crippen molar-refractivity contribution < 1.29 is 13.2 Å². The molecule has 1 aromatic carbocycles. The topological polar surface area (TPSA) is 55.4 Å². The first-order chi connectivity index (χ1) is 9.43. The van der Waals surface area contributed by atoms with Gasteiger partial charge < -0.3 is 10.1 Å². The Hall–Kier alpha value is -1.07. The number of sulfone groups is 1. The summed E-state index contributed by atoms with van der Waals surface area (Å²) in [6, 6.07) is 5.63. The second-order valence-electron chi connectivity index (χ2n) is 4.95. The first kappa shape index (κ1) is 17.0. The molecule has 20 heavy (non-hydrogen) atoms. The summed E-state index contributed by atoms with van der Waals surface area (Å²) in [7, 11) is -1.44. The van der Waals surface area contributed by atoms with Crippen molar-refractivity contribution in [3.8, 4) is 5.75 Å². The second kappa shape index (κ2) is 7.64. The first-order valence-corrected chi connectivity index (χ1v) is 8.84. The fourth-order valence-electron chi connectivity index (χ4n) is 2.08. The van der Waals surface area contributed by atoms with E-state index in [2.05, 4.69) is 12.2 Å². The number of aryl methyl sites for hydroxylation is 1. The predicted molar refractivity (Wildman–Crippen MR) is 83.1 cm³/mol. The molecule has 0 aliphatic heterocycles. The van der Waals surface area contributed by atoms with Gasteiger partial charge in [0.05, 0.1) is 12.9 Å². The molecule has 0 aliphatic rings. The molecule has 5 heteroatoms. The van der Waals surface area contributed by atoms with Gasteiger partial charge in [-0.05, 0) is 26.0 Å². The van der Waals surface area contributed by atoms with Crippen LogP contribution in [0, 0.1) is 6.92 Å². The Kier molecular flexibility index (Phi) is 6.49. The third-order valence-electron chi connectivity index (χ3n) is 3.26.